The maximum absolute atomic E-state index is 11.6. The number of anilines is 1. The van der Waals surface area contributed by atoms with Gasteiger partial charge in [-0.05, 0) is 27.2 Å². The van der Waals surface area contributed by atoms with Gasteiger partial charge in [0.25, 0.3) is 0 Å². The van der Waals surface area contributed by atoms with Crippen LogP contribution in [0.25, 0.3) is 0 Å². The lowest BCUT2D eigenvalue weighted by atomic mass is 10.3. The number of rotatable bonds is 8. The van der Waals surface area contributed by atoms with Gasteiger partial charge in [0.2, 0.25) is 11.8 Å². The molecule has 0 radical (unpaired) electrons. The number of carbonyl (C=O) groups excluding carboxylic acids is 1. The van der Waals surface area contributed by atoms with E-state index in [1.165, 1.54) is 0 Å². The summed E-state index contributed by atoms with van der Waals surface area (Å²) in [6, 6.07) is 1.79. The first kappa shape index (κ1) is 16.2. The summed E-state index contributed by atoms with van der Waals surface area (Å²) in [4.78, 5) is 22.0. The molecule has 0 amide bonds. The molecule has 1 rings (SSSR count). The molecule has 1 aromatic heterocycles. The maximum atomic E-state index is 11.6. The third-order valence-corrected chi connectivity index (χ3v) is 2.56. The third kappa shape index (κ3) is 5.03. The lowest BCUT2D eigenvalue weighted by Crippen LogP contribution is -2.37. The third-order valence-electron chi connectivity index (χ3n) is 2.56. The Morgan fingerprint density at radius 2 is 2.15 bits per heavy atom. The molecule has 1 aromatic rings. The van der Waals surface area contributed by atoms with E-state index >= 15 is 0 Å². The van der Waals surface area contributed by atoms with Crippen LogP contribution in [0.2, 0.25) is 0 Å². The second-order valence-corrected chi connectivity index (χ2v) is 4.57. The summed E-state index contributed by atoms with van der Waals surface area (Å²) in [6.07, 6.45) is 2.55. The Balaban J connectivity index is 2.83. The fraction of sp³-hybridized carbons (Fsp3) is 0.643. The van der Waals surface area contributed by atoms with Gasteiger partial charge in [-0.2, -0.15) is 4.98 Å². The first-order valence-electron chi connectivity index (χ1n) is 6.96. The molecular formula is C14H23N3O3. The van der Waals surface area contributed by atoms with Gasteiger partial charge in [0.1, 0.15) is 6.54 Å². The molecule has 0 saturated heterocycles. The maximum Gasteiger partial charge on any atom is 0.325 e. The summed E-state index contributed by atoms with van der Waals surface area (Å²) < 4.78 is 10.5. The summed E-state index contributed by atoms with van der Waals surface area (Å²) in [5.41, 5.74) is 0. The van der Waals surface area contributed by atoms with E-state index in [4.69, 9.17) is 9.47 Å². The van der Waals surface area contributed by atoms with Crippen molar-refractivity contribution in [2.45, 2.75) is 40.2 Å². The van der Waals surface area contributed by atoms with E-state index in [2.05, 4.69) is 9.97 Å². The minimum atomic E-state index is -0.287. The van der Waals surface area contributed by atoms with Gasteiger partial charge in [0.05, 0.1) is 13.2 Å². The second-order valence-electron chi connectivity index (χ2n) is 4.57. The second kappa shape index (κ2) is 8.35. The number of carbonyl (C=O) groups is 1. The average molecular weight is 281 g/mol. The van der Waals surface area contributed by atoms with Crippen molar-refractivity contribution in [2.75, 3.05) is 24.7 Å². The normalized spacial score (nSPS) is 10.4. The molecule has 0 saturated carbocycles. The predicted octanol–water partition coefficient (Wildman–Crippen LogP) is 2.04. The summed E-state index contributed by atoms with van der Waals surface area (Å²) in [7, 11) is 0. The van der Waals surface area contributed by atoms with E-state index in [0.717, 1.165) is 6.42 Å². The van der Waals surface area contributed by atoms with E-state index in [9.17, 15) is 4.79 Å². The van der Waals surface area contributed by atoms with E-state index < -0.39 is 0 Å². The number of hydrogen-bond acceptors (Lipinski definition) is 6. The molecule has 0 N–H and O–H groups in total. The smallest absolute Gasteiger partial charge is 0.325 e. The first-order valence-corrected chi connectivity index (χ1v) is 6.96. The fourth-order valence-electron chi connectivity index (χ4n) is 1.59. The Morgan fingerprint density at radius 3 is 2.75 bits per heavy atom. The predicted molar refractivity (Wildman–Crippen MR) is 76.9 cm³/mol. The van der Waals surface area contributed by atoms with Crippen molar-refractivity contribution in [3.05, 3.63) is 12.3 Å². The zero-order valence-corrected chi connectivity index (χ0v) is 12.6. The molecule has 0 aliphatic carbocycles. The van der Waals surface area contributed by atoms with Crippen LogP contribution < -0.4 is 9.64 Å². The molecule has 0 spiro atoms. The highest BCUT2D eigenvalue weighted by Crippen LogP contribution is 2.15. The number of nitrogens with zero attached hydrogens (tertiary/aromatic N) is 3. The van der Waals surface area contributed by atoms with Gasteiger partial charge in [0.15, 0.2) is 0 Å². The molecule has 0 aliphatic rings. The lowest BCUT2D eigenvalue weighted by Gasteiger charge is -2.25. The van der Waals surface area contributed by atoms with E-state index in [-0.39, 0.29) is 18.6 Å². The van der Waals surface area contributed by atoms with Gasteiger partial charge < -0.3 is 14.4 Å². The first-order chi connectivity index (χ1) is 9.58. The highest BCUT2D eigenvalue weighted by Gasteiger charge is 2.18. The van der Waals surface area contributed by atoms with Crippen LogP contribution in [-0.2, 0) is 9.53 Å². The van der Waals surface area contributed by atoms with Gasteiger partial charge in [-0.25, -0.2) is 4.98 Å². The Kier molecular flexibility index (Phi) is 6.76. The van der Waals surface area contributed by atoms with Crippen LogP contribution in [0.1, 0.15) is 34.1 Å². The number of aromatic nitrogens is 2. The summed E-state index contributed by atoms with van der Waals surface area (Å²) in [6.45, 7) is 8.87. The van der Waals surface area contributed by atoms with Gasteiger partial charge in [-0.3, -0.25) is 4.79 Å². The quantitative estimate of drug-likeness (QED) is 0.679. The Morgan fingerprint density at radius 1 is 1.40 bits per heavy atom. The number of hydrogen-bond donors (Lipinski definition) is 0. The Hall–Kier alpha value is -1.85. The zero-order chi connectivity index (χ0) is 15.0. The minimum Gasteiger partial charge on any atom is -0.478 e. The molecule has 112 valence electrons. The fourth-order valence-corrected chi connectivity index (χ4v) is 1.59. The van der Waals surface area contributed by atoms with Crippen molar-refractivity contribution in [2.24, 2.45) is 0 Å². The van der Waals surface area contributed by atoms with Crippen LogP contribution in [0, 0.1) is 0 Å². The number of esters is 1. The van der Waals surface area contributed by atoms with Gasteiger partial charge >= 0.3 is 5.97 Å². The van der Waals surface area contributed by atoms with E-state index in [0.29, 0.717) is 25.0 Å². The SMILES string of the molecule is CCCOc1ccnc(N(CC(=O)OCC)C(C)C)n1. The average Bonchev–Trinajstić information content (AvgIpc) is 2.43. The summed E-state index contributed by atoms with van der Waals surface area (Å²) in [5.74, 6) is 0.706. The largest absolute Gasteiger partial charge is 0.478 e. The summed E-state index contributed by atoms with van der Waals surface area (Å²) in [5, 5.41) is 0. The van der Waals surface area contributed by atoms with Crippen LogP contribution in [0.4, 0.5) is 5.95 Å². The van der Waals surface area contributed by atoms with Crippen molar-refractivity contribution >= 4 is 11.9 Å². The van der Waals surface area contributed by atoms with Gasteiger partial charge in [-0.15, -0.1) is 0 Å². The van der Waals surface area contributed by atoms with Gasteiger partial charge in [-0.1, -0.05) is 6.92 Å². The van der Waals surface area contributed by atoms with Crippen molar-refractivity contribution < 1.29 is 14.3 Å². The van der Waals surface area contributed by atoms with Crippen LogP contribution in [0.5, 0.6) is 5.88 Å². The van der Waals surface area contributed by atoms with Crippen molar-refractivity contribution in [3.63, 3.8) is 0 Å². The van der Waals surface area contributed by atoms with Crippen LogP contribution >= 0.6 is 0 Å². The van der Waals surface area contributed by atoms with Gasteiger partial charge in [0, 0.05) is 18.3 Å². The summed E-state index contributed by atoms with van der Waals surface area (Å²) >= 11 is 0. The number of ether oxygens (including phenoxy) is 2. The highest BCUT2D eigenvalue weighted by molar-refractivity contribution is 5.75. The molecule has 6 nitrogen and oxygen atoms in total. The molecule has 0 atom stereocenters. The molecule has 1 heterocycles. The Bertz CT molecular complexity index is 424. The molecule has 0 fully saturated rings. The molecule has 20 heavy (non-hydrogen) atoms. The standard InChI is InChI=1S/C14H23N3O3/c1-5-9-20-12-7-8-15-14(16-12)17(11(3)4)10-13(18)19-6-2/h7-8,11H,5-6,9-10H2,1-4H3. The molecular weight excluding hydrogens is 258 g/mol. The molecule has 0 unspecified atom stereocenters. The topological polar surface area (TPSA) is 64.5 Å². The highest BCUT2D eigenvalue weighted by atomic mass is 16.5. The van der Waals surface area contributed by atoms with Crippen LogP contribution in [-0.4, -0.2) is 41.7 Å². The lowest BCUT2D eigenvalue weighted by molar-refractivity contribution is -0.141. The molecule has 0 aromatic carbocycles. The van der Waals surface area contributed by atoms with Crippen molar-refractivity contribution in [1.82, 2.24) is 9.97 Å². The minimum absolute atomic E-state index is 0.0841. The zero-order valence-electron chi connectivity index (χ0n) is 12.6. The van der Waals surface area contributed by atoms with E-state index in [1.54, 1.807) is 24.1 Å². The van der Waals surface area contributed by atoms with Crippen molar-refractivity contribution in [1.29, 1.82) is 0 Å². The Labute approximate surface area is 120 Å². The molecule has 0 bridgehead atoms. The van der Waals surface area contributed by atoms with Crippen LogP contribution in [0.3, 0.4) is 0 Å². The van der Waals surface area contributed by atoms with E-state index in [1.807, 2.05) is 20.8 Å². The molecule has 6 heteroatoms. The van der Waals surface area contributed by atoms with Crippen LogP contribution in [0.15, 0.2) is 12.3 Å². The monoisotopic (exact) mass is 281 g/mol. The molecule has 0 aliphatic heterocycles. The van der Waals surface area contributed by atoms with Crippen molar-refractivity contribution in [3.8, 4) is 5.88 Å².